The Morgan fingerprint density at radius 1 is 1.31 bits per heavy atom. The number of hydrogen-bond acceptors (Lipinski definition) is 2. The summed E-state index contributed by atoms with van der Waals surface area (Å²) in [6.07, 6.45) is 9.78. The summed E-state index contributed by atoms with van der Waals surface area (Å²) in [4.78, 5) is 2.79. The third-order valence-electron chi connectivity index (χ3n) is 4.59. The number of rotatable bonds is 4. The largest absolute Gasteiger partial charge is 0.312 e. The molecule has 0 bridgehead atoms. The zero-order valence-corrected chi connectivity index (χ0v) is 11.1. The van der Waals surface area contributed by atoms with Gasteiger partial charge in [-0.15, -0.1) is 0 Å². The fraction of sp³-hybridized carbons (Fsp3) is 1.00. The second kappa shape index (κ2) is 5.50. The van der Waals surface area contributed by atoms with E-state index in [-0.39, 0.29) is 0 Å². The normalized spacial score (nSPS) is 36.0. The van der Waals surface area contributed by atoms with Crippen molar-refractivity contribution in [1.29, 1.82) is 0 Å². The third-order valence-corrected chi connectivity index (χ3v) is 4.59. The van der Waals surface area contributed by atoms with E-state index in [9.17, 15) is 0 Å². The predicted molar refractivity (Wildman–Crippen MR) is 69.8 cm³/mol. The van der Waals surface area contributed by atoms with Crippen LogP contribution in [0, 0.1) is 0 Å². The van der Waals surface area contributed by atoms with Crippen LogP contribution in [0.4, 0.5) is 0 Å². The molecule has 0 amide bonds. The van der Waals surface area contributed by atoms with Crippen LogP contribution in [0.1, 0.15) is 58.8 Å². The van der Waals surface area contributed by atoms with Gasteiger partial charge in [0.05, 0.1) is 0 Å². The highest BCUT2D eigenvalue weighted by molar-refractivity contribution is 5.00. The quantitative estimate of drug-likeness (QED) is 0.739. The molecule has 1 spiro atoms. The molecule has 2 aliphatic rings. The molecule has 2 heteroatoms. The molecule has 0 aromatic heterocycles. The molecule has 16 heavy (non-hydrogen) atoms. The molecule has 0 aromatic carbocycles. The van der Waals surface area contributed by atoms with E-state index in [4.69, 9.17) is 0 Å². The summed E-state index contributed by atoms with van der Waals surface area (Å²) in [6.45, 7) is 8.54. The van der Waals surface area contributed by atoms with Crippen LogP contribution >= 0.6 is 0 Å². The van der Waals surface area contributed by atoms with Crippen LogP contribution in [0.25, 0.3) is 0 Å². The lowest BCUT2D eigenvalue weighted by molar-refractivity contribution is 0.0920. The summed E-state index contributed by atoms with van der Waals surface area (Å²) in [7, 11) is 0. The first-order valence-electron chi connectivity index (χ1n) is 7.25. The van der Waals surface area contributed by atoms with Gasteiger partial charge in [0.1, 0.15) is 0 Å². The molecule has 0 radical (unpaired) electrons. The molecular formula is C14H28N2. The molecule has 2 unspecified atom stereocenters. The number of hydrogen-bond donors (Lipinski definition) is 1. The van der Waals surface area contributed by atoms with Gasteiger partial charge in [0.15, 0.2) is 0 Å². The molecule has 2 heterocycles. The van der Waals surface area contributed by atoms with Crippen molar-refractivity contribution < 1.29 is 0 Å². The smallest absolute Gasteiger partial charge is 0.0335 e. The average Bonchev–Trinajstić information content (AvgIpc) is 2.67. The topological polar surface area (TPSA) is 15.3 Å². The highest BCUT2D eigenvalue weighted by Crippen LogP contribution is 2.36. The fourth-order valence-corrected chi connectivity index (χ4v) is 3.42. The van der Waals surface area contributed by atoms with Crippen LogP contribution in [-0.2, 0) is 0 Å². The van der Waals surface area contributed by atoms with Gasteiger partial charge >= 0.3 is 0 Å². The number of nitrogens with one attached hydrogen (secondary N) is 1. The van der Waals surface area contributed by atoms with E-state index in [0.29, 0.717) is 5.54 Å². The Hall–Kier alpha value is -0.0800. The van der Waals surface area contributed by atoms with Crippen molar-refractivity contribution in [3.8, 4) is 0 Å². The van der Waals surface area contributed by atoms with Gasteiger partial charge in [-0.1, -0.05) is 19.8 Å². The van der Waals surface area contributed by atoms with Gasteiger partial charge in [-0.3, -0.25) is 4.90 Å². The molecule has 94 valence electrons. The number of likely N-dealkylation sites (tertiary alicyclic amines) is 1. The summed E-state index contributed by atoms with van der Waals surface area (Å²) in [5.41, 5.74) is 0.542. The summed E-state index contributed by atoms with van der Waals surface area (Å²) in [5, 5.41) is 3.69. The molecule has 0 aromatic rings. The van der Waals surface area contributed by atoms with Crippen molar-refractivity contribution in [3.63, 3.8) is 0 Å². The van der Waals surface area contributed by atoms with E-state index in [1.165, 1.54) is 64.6 Å². The summed E-state index contributed by atoms with van der Waals surface area (Å²) in [5.74, 6) is 0. The zero-order valence-electron chi connectivity index (χ0n) is 11.1. The maximum absolute atomic E-state index is 3.69. The summed E-state index contributed by atoms with van der Waals surface area (Å²) < 4.78 is 0. The first-order valence-corrected chi connectivity index (χ1v) is 7.25. The minimum Gasteiger partial charge on any atom is -0.312 e. The molecule has 2 atom stereocenters. The standard InChI is InChI=1S/C14H28N2/c1-3-4-5-10-16-11-6-8-14(16)9-7-13(2)15-12-14/h13,15H,3-12H2,1-2H3. The van der Waals surface area contributed by atoms with Crippen LogP contribution in [0.2, 0.25) is 0 Å². The lowest BCUT2D eigenvalue weighted by Crippen LogP contribution is -2.56. The number of nitrogens with zero attached hydrogens (tertiary/aromatic N) is 1. The lowest BCUT2D eigenvalue weighted by atomic mass is 9.85. The Morgan fingerprint density at radius 3 is 2.88 bits per heavy atom. The maximum atomic E-state index is 3.69. The maximum Gasteiger partial charge on any atom is 0.0335 e. The Bertz CT molecular complexity index is 207. The zero-order chi connectivity index (χ0) is 11.4. The lowest BCUT2D eigenvalue weighted by Gasteiger charge is -2.44. The molecule has 2 aliphatic heterocycles. The van der Waals surface area contributed by atoms with Crippen LogP contribution in [0.15, 0.2) is 0 Å². The molecule has 2 saturated heterocycles. The minimum absolute atomic E-state index is 0.542. The summed E-state index contributed by atoms with van der Waals surface area (Å²) in [6, 6.07) is 0.740. The van der Waals surface area contributed by atoms with Crippen molar-refractivity contribution in [1.82, 2.24) is 10.2 Å². The second-order valence-corrected chi connectivity index (χ2v) is 5.84. The van der Waals surface area contributed by atoms with Gasteiger partial charge in [-0.05, 0) is 52.1 Å². The Labute approximate surface area is 101 Å². The first-order chi connectivity index (χ1) is 7.77. The highest BCUT2D eigenvalue weighted by Gasteiger charge is 2.42. The van der Waals surface area contributed by atoms with E-state index in [1.54, 1.807) is 0 Å². The Morgan fingerprint density at radius 2 is 2.19 bits per heavy atom. The SMILES string of the molecule is CCCCCN1CCCC12CCC(C)NC2. The van der Waals surface area contributed by atoms with Crippen LogP contribution in [-0.4, -0.2) is 36.1 Å². The van der Waals surface area contributed by atoms with Crippen molar-refractivity contribution in [3.05, 3.63) is 0 Å². The average molecular weight is 224 g/mol. The fourth-order valence-electron chi connectivity index (χ4n) is 3.42. The van der Waals surface area contributed by atoms with Gasteiger partial charge < -0.3 is 5.32 Å². The molecule has 2 fully saturated rings. The first kappa shape index (κ1) is 12.4. The van der Waals surface area contributed by atoms with Crippen molar-refractivity contribution in [2.24, 2.45) is 0 Å². The van der Waals surface area contributed by atoms with E-state index in [2.05, 4.69) is 24.1 Å². The molecule has 2 nitrogen and oxygen atoms in total. The Kier molecular flexibility index (Phi) is 4.26. The predicted octanol–water partition coefficient (Wildman–Crippen LogP) is 2.78. The van der Waals surface area contributed by atoms with Gasteiger partial charge in [-0.2, -0.15) is 0 Å². The van der Waals surface area contributed by atoms with E-state index in [0.717, 1.165) is 6.04 Å². The van der Waals surface area contributed by atoms with E-state index < -0.39 is 0 Å². The van der Waals surface area contributed by atoms with Gasteiger partial charge in [0, 0.05) is 18.1 Å². The van der Waals surface area contributed by atoms with Crippen molar-refractivity contribution >= 4 is 0 Å². The molecule has 2 rings (SSSR count). The minimum atomic E-state index is 0.542. The molecular weight excluding hydrogens is 196 g/mol. The van der Waals surface area contributed by atoms with Gasteiger partial charge in [0.2, 0.25) is 0 Å². The second-order valence-electron chi connectivity index (χ2n) is 5.84. The highest BCUT2D eigenvalue weighted by atomic mass is 15.2. The molecule has 0 saturated carbocycles. The monoisotopic (exact) mass is 224 g/mol. The number of unbranched alkanes of at least 4 members (excludes halogenated alkanes) is 2. The van der Waals surface area contributed by atoms with Gasteiger partial charge in [-0.25, -0.2) is 0 Å². The summed E-state index contributed by atoms with van der Waals surface area (Å²) >= 11 is 0. The van der Waals surface area contributed by atoms with Crippen LogP contribution < -0.4 is 5.32 Å². The molecule has 1 N–H and O–H groups in total. The third kappa shape index (κ3) is 2.60. The van der Waals surface area contributed by atoms with E-state index in [1.807, 2.05) is 0 Å². The van der Waals surface area contributed by atoms with E-state index >= 15 is 0 Å². The van der Waals surface area contributed by atoms with Crippen LogP contribution in [0.3, 0.4) is 0 Å². The molecule has 0 aliphatic carbocycles. The van der Waals surface area contributed by atoms with Crippen molar-refractivity contribution in [2.75, 3.05) is 19.6 Å². The Balaban J connectivity index is 1.86. The van der Waals surface area contributed by atoms with Gasteiger partial charge in [0.25, 0.3) is 0 Å². The number of piperidine rings is 1. The van der Waals surface area contributed by atoms with Crippen LogP contribution in [0.5, 0.6) is 0 Å². The van der Waals surface area contributed by atoms with Crippen molar-refractivity contribution in [2.45, 2.75) is 70.4 Å².